The summed E-state index contributed by atoms with van der Waals surface area (Å²) in [6.07, 6.45) is 0.677. The standard InChI is InChI=1S/C13H19F2NO/c1-8(2)5-12(16-3)13-10(14)6-9(17-4)7-11(13)15/h6-8,12,16H,5H2,1-4H3. The number of methoxy groups -OCH3 is 1. The number of rotatable bonds is 5. The first kappa shape index (κ1) is 13.9. The Labute approximate surface area is 101 Å². The maximum Gasteiger partial charge on any atom is 0.134 e. The third-order valence-electron chi connectivity index (χ3n) is 2.69. The quantitative estimate of drug-likeness (QED) is 0.857. The van der Waals surface area contributed by atoms with Gasteiger partial charge in [-0.3, -0.25) is 0 Å². The van der Waals surface area contributed by atoms with E-state index in [0.29, 0.717) is 12.3 Å². The van der Waals surface area contributed by atoms with Gasteiger partial charge in [-0.1, -0.05) is 13.8 Å². The molecule has 17 heavy (non-hydrogen) atoms. The maximum absolute atomic E-state index is 13.8. The van der Waals surface area contributed by atoms with Gasteiger partial charge in [0, 0.05) is 23.7 Å². The van der Waals surface area contributed by atoms with E-state index < -0.39 is 11.6 Å². The topological polar surface area (TPSA) is 21.3 Å². The summed E-state index contributed by atoms with van der Waals surface area (Å²) in [5.41, 5.74) is 0.0852. The summed E-state index contributed by atoms with van der Waals surface area (Å²) in [5.74, 6) is -0.583. The molecule has 0 fully saturated rings. The summed E-state index contributed by atoms with van der Waals surface area (Å²) in [5, 5.41) is 2.95. The number of ether oxygens (including phenoxy) is 1. The highest BCUT2D eigenvalue weighted by molar-refractivity contribution is 5.32. The highest BCUT2D eigenvalue weighted by Gasteiger charge is 2.21. The Bertz CT molecular complexity index is 357. The van der Waals surface area contributed by atoms with Gasteiger partial charge < -0.3 is 10.1 Å². The predicted molar refractivity (Wildman–Crippen MR) is 64.2 cm³/mol. The van der Waals surface area contributed by atoms with Crippen LogP contribution in [0.1, 0.15) is 31.9 Å². The van der Waals surface area contributed by atoms with Crippen LogP contribution in [0.2, 0.25) is 0 Å². The van der Waals surface area contributed by atoms with Crippen LogP contribution in [0.5, 0.6) is 5.75 Å². The van der Waals surface area contributed by atoms with Crippen LogP contribution in [0.15, 0.2) is 12.1 Å². The van der Waals surface area contributed by atoms with Crippen molar-refractivity contribution >= 4 is 0 Å². The molecule has 1 aromatic rings. The van der Waals surface area contributed by atoms with Gasteiger partial charge in [0.2, 0.25) is 0 Å². The molecule has 0 aromatic heterocycles. The summed E-state index contributed by atoms with van der Waals surface area (Å²) < 4.78 is 32.5. The van der Waals surface area contributed by atoms with Gasteiger partial charge in [-0.2, -0.15) is 0 Å². The lowest BCUT2D eigenvalue weighted by Gasteiger charge is -2.20. The Balaban J connectivity index is 3.10. The third kappa shape index (κ3) is 3.40. The lowest BCUT2D eigenvalue weighted by Crippen LogP contribution is -2.21. The molecule has 0 saturated heterocycles. The van der Waals surface area contributed by atoms with E-state index in [-0.39, 0.29) is 17.4 Å². The Hall–Kier alpha value is -1.16. The second-order valence-corrected chi connectivity index (χ2v) is 4.48. The van der Waals surface area contributed by atoms with Gasteiger partial charge >= 0.3 is 0 Å². The molecule has 0 aliphatic carbocycles. The highest BCUT2D eigenvalue weighted by Crippen LogP contribution is 2.29. The number of nitrogens with one attached hydrogen (secondary N) is 1. The number of hydrogen-bond donors (Lipinski definition) is 1. The van der Waals surface area contributed by atoms with Crippen molar-refractivity contribution in [2.24, 2.45) is 5.92 Å². The van der Waals surface area contributed by atoms with E-state index in [9.17, 15) is 8.78 Å². The molecule has 0 aliphatic rings. The van der Waals surface area contributed by atoms with E-state index in [1.54, 1.807) is 7.05 Å². The zero-order chi connectivity index (χ0) is 13.0. The number of hydrogen-bond acceptors (Lipinski definition) is 2. The normalized spacial score (nSPS) is 12.9. The van der Waals surface area contributed by atoms with Crippen molar-refractivity contribution in [2.45, 2.75) is 26.3 Å². The molecule has 1 aromatic carbocycles. The minimum Gasteiger partial charge on any atom is -0.497 e. The van der Waals surface area contributed by atoms with Crippen LogP contribution in [0.25, 0.3) is 0 Å². The molecule has 1 rings (SSSR count). The fourth-order valence-electron chi connectivity index (χ4n) is 1.86. The molecule has 0 amide bonds. The van der Waals surface area contributed by atoms with Crippen LogP contribution in [-0.4, -0.2) is 14.2 Å². The van der Waals surface area contributed by atoms with Gasteiger partial charge in [-0.15, -0.1) is 0 Å². The van der Waals surface area contributed by atoms with Gasteiger partial charge in [0.05, 0.1) is 7.11 Å². The monoisotopic (exact) mass is 243 g/mol. The van der Waals surface area contributed by atoms with Crippen molar-refractivity contribution < 1.29 is 13.5 Å². The van der Waals surface area contributed by atoms with Crippen LogP contribution in [0.4, 0.5) is 8.78 Å². The molecule has 1 atom stereocenters. The van der Waals surface area contributed by atoms with E-state index in [4.69, 9.17) is 4.74 Å². The lowest BCUT2D eigenvalue weighted by molar-refractivity contribution is 0.393. The average Bonchev–Trinajstić information content (AvgIpc) is 2.25. The average molecular weight is 243 g/mol. The van der Waals surface area contributed by atoms with Crippen LogP contribution >= 0.6 is 0 Å². The minimum absolute atomic E-state index is 0.0852. The molecule has 0 spiro atoms. The molecule has 2 nitrogen and oxygen atoms in total. The SMILES string of the molecule is CNC(CC(C)C)c1c(F)cc(OC)cc1F. The molecule has 0 saturated carbocycles. The molecule has 96 valence electrons. The van der Waals surface area contributed by atoms with Gasteiger partial charge in [-0.25, -0.2) is 8.78 Å². The second-order valence-electron chi connectivity index (χ2n) is 4.48. The van der Waals surface area contributed by atoms with E-state index in [1.165, 1.54) is 19.2 Å². The first-order chi connectivity index (χ1) is 7.99. The van der Waals surface area contributed by atoms with E-state index >= 15 is 0 Å². The molecule has 0 heterocycles. The summed E-state index contributed by atoms with van der Waals surface area (Å²) in [6, 6.07) is 2.10. The van der Waals surface area contributed by atoms with Crippen molar-refractivity contribution in [1.29, 1.82) is 0 Å². The lowest BCUT2D eigenvalue weighted by atomic mass is 9.96. The molecule has 4 heteroatoms. The zero-order valence-corrected chi connectivity index (χ0v) is 10.7. The minimum atomic E-state index is -0.568. The van der Waals surface area contributed by atoms with Gasteiger partial charge in [0.25, 0.3) is 0 Å². The van der Waals surface area contributed by atoms with Gasteiger partial charge in [0.15, 0.2) is 0 Å². The van der Waals surface area contributed by atoms with Gasteiger partial charge in [-0.05, 0) is 19.4 Å². The molecule has 0 bridgehead atoms. The van der Waals surface area contributed by atoms with Crippen molar-refractivity contribution in [2.75, 3.05) is 14.2 Å². The Morgan fingerprint density at radius 2 is 1.76 bits per heavy atom. The van der Waals surface area contributed by atoms with Crippen molar-refractivity contribution in [3.8, 4) is 5.75 Å². The number of halogens is 2. The first-order valence-corrected chi connectivity index (χ1v) is 5.69. The van der Waals surface area contributed by atoms with Crippen LogP contribution in [-0.2, 0) is 0 Å². The summed E-state index contributed by atoms with van der Waals surface area (Å²) in [4.78, 5) is 0. The van der Waals surface area contributed by atoms with E-state index in [0.717, 1.165) is 0 Å². The van der Waals surface area contributed by atoms with Crippen molar-refractivity contribution in [3.05, 3.63) is 29.3 Å². The smallest absolute Gasteiger partial charge is 0.134 e. The molecule has 1 unspecified atom stereocenters. The van der Waals surface area contributed by atoms with E-state index in [2.05, 4.69) is 5.32 Å². The fraction of sp³-hybridized carbons (Fsp3) is 0.538. The van der Waals surface area contributed by atoms with Crippen LogP contribution in [0, 0.1) is 17.6 Å². The Morgan fingerprint density at radius 3 is 2.12 bits per heavy atom. The predicted octanol–water partition coefficient (Wildman–Crippen LogP) is 3.28. The van der Waals surface area contributed by atoms with Crippen LogP contribution in [0.3, 0.4) is 0 Å². The Kier molecular flexibility index (Phi) is 4.87. The largest absolute Gasteiger partial charge is 0.497 e. The molecular weight excluding hydrogens is 224 g/mol. The maximum atomic E-state index is 13.8. The third-order valence-corrected chi connectivity index (χ3v) is 2.69. The summed E-state index contributed by atoms with van der Waals surface area (Å²) in [6.45, 7) is 4.04. The Morgan fingerprint density at radius 1 is 1.24 bits per heavy atom. The highest BCUT2D eigenvalue weighted by atomic mass is 19.1. The van der Waals surface area contributed by atoms with Crippen molar-refractivity contribution in [3.63, 3.8) is 0 Å². The molecule has 0 aliphatic heterocycles. The van der Waals surface area contributed by atoms with Crippen LogP contribution < -0.4 is 10.1 Å². The van der Waals surface area contributed by atoms with Gasteiger partial charge in [0.1, 0.15) is 17.4 Å². The summed E-state index contributed by atoms with van der Waals surface area (Å²) in [7, 11) is 3.09. The zero-order valence-electron chi connectivity index (χ0n) is 10.7. The molecular formula is C13H19F2NO. The molecule has 1 N–H and O–H groups in total. The summed E-state index contributed by atoms with van der Waals surface area (Å²) >= 11 is 0. The fourth-order valence-corrected chi connectivity index (χ4v) is 1.86. The van der Waals surface area contributed by atoms with E-state index in [1.807, 2.05) is 13.8 Å². The second kappa shape index (κ2) is 5.96. The molecule has 0 radical (unpaired) electrons. The van der Waals surface area contributed by atoms with Crippen molar-refractivity contribution in [1.82, 2.24) is 5.32 Å². The first-order valence-electron chi connectivity index (χ1n) is 5.69. The number of benzene rings is 1.